The van der Waals surface area contributed by atoms with Crippen molar-refractivity contribution in [3.63, 3.8) is 0 Å². The molecule has 1 unspecified atom stereocenters. The number of nitrogens with zero attached hydrogens (tertiary/aromatic N) is 5. The van der Waals surface area contributed by atoms with E-state index in [4.69, 9.17) is 0 Å². The van der Waals surface area contributed by atoms with Crippen molar-refractivity contribution in [1.82, 2.24) is 19.6 Å². The van der Waals surface area contributed by atoms with Crippen LogP contribution in [0.2, 0.25) is 0 Å². The van der Waals surface area contributed by atoms with Gasteiger partial charge in [0, 0.05) is 18.9 Å². The zero-order chi connectivity index (χ0) is 11.7. The van der Waals surface area contributed by atoms with Gasteiger partial charge >= 0.3 is 0 Å². The normalized spacial score (nSPS) is 20.7. The summed E-state index contributed by atoms with van der Waals surface area (Å²) in [6, 6.07) is -0.0841. The first-order valence-corrected chi connectivity index (χ1v) is 5.76. The molecular weight excluding hydrogens is 218 g/mol. The highest BCUT2D eigenvalue weighted by atomic mass is 16.1. The summed E-state index contributed by atoms with van der Waals surface area (Å²) in [6.45, 7) is 0.850. The second-order valence-corrected chi connectivity index (χ2v) is 4.21. The van der Waals surface area contributed by atoms with E-state index in [1.807, 2.05) is 9.30 Å². The maximum atomic E-state index is 11.1. The summed E-state index contributed by atoms with van der Waals surface area (Å²) >= 11 is 0. The van der Waals surface area contributed by atoms with Crippen molar-refractivity contribution in [2.75, 3.05) is 11.4 Å². The lowest BCUT2D eigenvalue weighted by atomic mass is 10.0. The highest BCUT2D eigenvalue weighted by Gasteiger charge is 2.25. The molecule has 0 saturated carbocycles. The number of piperidine rings is 1. The molecule has 0 amide bonds. The average molecular weight is 231 g/mol. The van der Waals surface area contributed by atoms with Crippen LogP contribution in [-0.4, -0.2) is 38.5 Å². The minimum absolute atomic E-state index is 0.0841. The van der Waals surface area contributed by atoms with Crippen molar-refractivity contribution in [3.05, 3.63) is 18.7 Å². The van der Waals surface area contributed by atoms with E-state index in [-0.39, 0.29) is 6.04 Å². The highest BCUT2D eigenvalue weighted by molar-refractivity contribution is 5.71. The molecule has 0 radical (unpaired) electrons. The lowest BCUT2D eigenvalue weighted by molar-refractivity contribution is -0.109. The van der Waals surface area contributed by atoms with Gasteiger partial charge in [-0.15, -0.1) is 10.2 Å². The number of carbonyl (C=O) groups is 1. The van der Waals surface area contributed by atoms with Crippen molar-refractivity contribution < 1.29 is 4.79 Å². The molecule has 88 valence electrons. The van der Waals surface area contributed by atoms with E-state index < -0.39 is 0 Å². The summed E-state index contributed by atoms with van der Waals surface area (Å²) in [7, 11) is 0. The van der Waals surface area contributed by atoms with E-state index in [1.54, 1.807) is 18.7 Å². The molecule has 2 aromatic rings. The van der Waals surface area contributed by atoms with Crippen LogP contribution in [0.15, 0.2) is 18.7 Å². The number of anilines is 1. The quantitative estimate of drug-likeness (QED) is 0.711. The third-order valence-corrected chi connectivity index (χ3v) is 3.18. The Bertz CT molecular complexity index is 537. The molecule has 0 aliphatic carbocycles. The van der Waals surface area contributed by atoms with Gasteiger partial charge in [-0.1, -0.05) is 0 Å². The molecule has 0 spiro atoms. The van der Waals surface area contributed by atoms with Crippen LogP contribution >= 0.6 is 0 Å². The number of fused-ring (bicyclic) bond motifs is 1. The Morgan fingerprint density at radius 2 is 2.35 bits per heavy atom. The van der Waals surface area contributed by atoms with E-state index in [1.165, 1.54) is 0 Å². The van der Waals surface area contributed by atoms with Gasteiger partial charge in [0.2, 0.25) is 5.65 Å². The molecule has 3 rings (SSSR count). The molecule has 1 saturated heterocycles. The second-order valence-electron chi connectivity index (χ2n) is 4.21. The van der Waals surface area contributed by atoms with Crippen molar-refractivity contribution in [2.24, 2.45) is 0 Å². The second kappa shape index (κ2) is 4.12. The molecule has 0 aromatic carbocycles. The fourth-order valence-electron chi connectivity index (χ4n) is 2.31. The summed E-state index contributed by atoms with van der Waals surface area (Å²) in [5.41, 5.74) is 0.709. The molecule has 3 heterocycles. The first-order chi connectivity index (χ1) is 8.40. The molecular formula is C11H13N5O. The van der Waals surface area contributed by atoms with E-state index in [9.17, 15) is 4.79 Å². The van der Waals surface area contributed by atoms with E-state index >= 15 is 0 Å². The van der Waals surface area contributed by atoms with Crippen molar-refractivity contribution in [3.8, 4) is 0 Å². The van der Waals surface area contributed by atoms with Crippen LogP contribution in [0, 0.1) is 0 Å². The first-order valence-electron chi connectivity index (χ1n) is 5.76. The molecule has 1 aliphatic rings. The van der Waals surface area contributed by atoms with E-state index in [2.05, 4.69) is 15.2 Å². The van der Waals surface area contributed by atoms with Gasteiger partial charge in [-0.25, -0.2) is 4.98 Å². The number of aldehydes is 1. The van der Waals surface area contributed by atoms with Crippen LogP contribution in [0.4, 0.5) is 5.82 Å². The molecule has 1 atom stereocenters. The fourth-order valence-corrected chi connectivity index (χ4v) is 2.31. The van der Waals surface area contributed by atoms with Crippen LogP contribution < -0.4 is 4.90 Å². The van der Waals surface area contributed by atoms with Gasteiger partial charge in [-0.3, -0.25) is 4.40 Å². The summed E-state index contributed by atoms with van der Waals surface area (Å²) in [4.78, 5) is 17.5. The zero-order valence-corrected chi connectivity index (χ0v) is 9.36. The molecule has 0 N–H and O–H groups in total. The van der Waals surface area contributed by atoms with Gasteiger partial charge in [-0.2, -0.15) is 0 Å². The Morgan fingerprint density at radius 1 is 1.41 bits per heavy atom. The lowest BCUT2D eigenvalue weighted by Gasteiger charge is -2.33. The molecule has 1 aliphatic heterocycles. The van der Waals surface area contributed by atoms with Crippen molar-refractivity contribution in [2.45, 2.75) is 25.3 Å². The summed E-state index contributed by atoms with van der Waals surface area (Å²) in [6.07, 6.45) is 9.22. The molecule has 17 heavy (non-hydrogen) atoms. The predicted octanol–water partition coefficient (Wildman–Crippen LogP) is 0.682. The third-order valence-electron chi connectivity index (χ3n) is 3.18. The average Bonchev–Trinajstić information content (AvgIpc) is 2.86. The molecule has 6 nitrogen and oxygen atoms in total. The monoisotopic (exact) mass is 231 g/mol. The maximum absolute atomic E-state index is 11.1. The van der Waals surface area contributed by atoms with E-state index in [0.717, 1.165) is 37.9 Å². The first kappa shape index (κ1) is 10.2. The van der Waals surface area contributed by atoms with Crippen molar-refractivity contribution >= 4 is 17.8 Å². The van der Waals surface area contributed by atoms with Gasteiger partial charge < -0.3 is 9.69 Å². The molecule has 1 fully saturated rings. The van der Waals surface area contributed by atoms with Gasteiger partial charge in [0.25, 0.3) is 0 Å². The highest BCUT2D eigenvalue weighted by Crippen LogP contribution is 2.24. The van der Waals surface area contributed by atoms with Crippen LogP contribution in [0.1, 0.15) is 19.3 Å². The molecule has 0 bridgehead atoms. The van der Waals surface area contributed by atoms with Crippen LogP contribution in [-0.2, 0) is 4.79 Å². The number of hydrogen-bond acceptors (Lipinski definition) is 5. The van der Waals surface area contributed by atoms with Crippen LogP contribution in [0.5, 0.6) is 0 Å². The Labute approximate surface area is 98.3 Å². The predicted molar refractivity (Wildman–Crippen MR) is 61.8 cm³/mol. The largest absolute Gasteiger partial charge is 0.344 e. The Kier molecular flexibility index (Phi) is 2.47. The Morgan fingerprint density at radius 3 is 3.24 bits per heavy atom. The molecule has 2 aromatic heterocycles. The topological polar surface area (TPSA) is 63.4 Å². The van der Waals surface area contributed by atoms with Gasteiger partial charge in [-0.05, 0) is 19.3 Å². The third kappa shape index (κ3) is 1.65. The van der Waals surface area contributed by atoms with Crippen LogP contribution in [0.25, 0.3) is 5.65 Å². The zero-order valence-electron chi connectivity index (χ0n) is 9.36. The number of aromatic nitrogens is 4. The fraction of sp³-hybridized carbons (Fsp3) is 0.455. The maximum Gasteiger partial charge on any atom is 0.203 e. The minimum atomic E-state index is -0.0841. The number of hydrogen-bond donors (Lipinski definition) is 0. The number of rotatable bonds is 2. The van der Waals surface area contributed by atoms with Crippen molar-refractivity contribution in [1.29, 1.82) is 0 Å². The molecule has 6 heteroatoms. The Balaban J connectivity index is 2.07. The summed E-state index contributed by atoms with van der Waals surface area (Å²) in [5, 5.41) is 7.92. The smallest absolute Gasteiger partial charge is 0.203 e. The van der Waals surface area contributed by atoms with Crippen LogP contribution in [0.3, 0.4) is 0 Å². The minimum Gasteiger partial charge on any atom is -0.344 e. The number of carbonyl (C=O) groups excluding carboxylic acids is 1. The summed E-state index contributed by atoms with van der Waals surface area (Å²) < 4.78 is 1.82. The lowest BCUT2D eigenvalue weighted by Crippen LogP contribution is -2.41. The summed E-state index contributed by atoms with van der Waals surface area (Å²) in [5.74, 6) is 0.752. The van der Waals surface area contributed by atoms with Gasteiger partial charge in [0.1, 0.15) is 12.6 Å². The van der Waals surface area contributed by atoms with Gasteiger partial charge in [0.15, 0.2) is 5.82 Å². The van der Waals surface area contributed by atoms with Gasteiger partial charge in [0.05, 0.1) is 6.04 Å². The standard InChI is InChI=1S/C11H13N5O/c17-7-9-3-1-2-5-16(9)10-11-14-13-8-15(11)6-4-12-10/h4,6-9H,1-3,5H2. The van der Waals surface area contributed by atoms with E-state index in [0.29, 0.717) is 5.65 Å². The SMILES string of the molecule is O=CC1CCCCN1c1nccn2cnnc12. The Hall–Kier alpha value is -1.98.